The van der Waals surface area contributed by atoms with Gasteiger partial charge in [-0.1, -0.05) is 24.3 Å². The van der Waals surface area contributed by atoms with E-state index in [0.717, 1.165) is 22.5 Å². The van der Waals surface area contributed by atoms with E-state index in [4.69, 9.17) is 0 Å². The molecule has 0 aliphatic carbocycles. The van der Waals surface area contributed by atoms with Crippen LogP contribution in [0.1, 0.15) is 29.4 Å². The minimum absolute atomic E-state index is 0.230. The summed E-state index contributed by atoms with van der Waals surface area (Å²) in [5, 5.41) is 9.55. The van der Waals surface area contributed by atoms with Crippen molar-refractivity contribution in [3.8, 4) is 5.75 Å². The summed E-state index contributed by atoms with van der Waals surface area (Å²) in [4.78, 5) is 3.39. The summed E-state index contributed by atoms with van der Waals surface area (Å²) in [7, 11) is 0. The zero-order valence-corrected chi connectivity index (χ0v) is 12.6. The largest absolute Gasteiger partial charge is 0.508 e. The van der Waals surface area contributed by atoms with Gasteiger partial charge in [0.15, 0.2) is 0 Å². The van der Waals surface area contributed by atoms with E-state index >= 15 is 0 Å². The molecule has 0 bridgehead atoms. The molecule has 3 heteroatoms. The first-order chi connectivity index (χ1) is 10.5. The Kier molecular flexibility index (Phi) is 3.49. The van der Waals surface area contributed by atoms with Gasteiger partial charge in [0.05, 0.1) is 5.41 Å². The van der Waals surface area contributed by atoms with E-state index in [-0.39, 0.29) is 11.6 Å². The second kappa shape index (κ2) is 5.34. The first kappa shape index (κ1) is 14.4. The van der Waals surface area contributed by atoms with Gasteiger partial charge in [0, 0.05) is 11.4 Å². The van der Waals surface area contributed by atoms with Crippen LogP contribution in [0.2, 0.25) is 0 Å². The molecular weight excluding hydrogens is 277 g/mol. The van der Waals surface area contributed by atoms with Crippen molar-refractivity contribution >= 4 is 0 Å². The Labute approximate surface area is 129 Å². The summed E-state index contributed by atoms with van der Waals surface area (Å²) in [5.74, 6) is -0.0210. The standard InChI is InChI=1S/C19H18FNO/c1-13-3-12-18(21-13)19(2,14-4-8-16(20)9-5-14)15-6-10-17(22)11-7-15/h3-12,21-22H,1-2H3/t19-/m0/s1. The Balaban J connectivity index is 2.21. The van der Waals surface area contributed by atoms with Crippen molar-refractivity contribution in [1.82, 2.24) is 4.98 Å². The number of aromatic hydroxyl groups is 1. The fourth-order valence-corrected chi connectivity index (χ4v) is 2.85. The third kappa shape index (κ3) is 2.39. The van der Waals surface area contributed by atoms with Crippen LogP contribution in [0, 0.1) is 12.7 Å². The molecule has 3 rings (SSSR count). The lowest BCUT2D eigenvalue weighted by molar-refractivity contribution is 0.474. The van der Waals surface area contributed by atoms with Crippen LogP contribution in [0.5, 0.6) is 5.75 Å². The fourth-order valence-electron chi connectivity index (χ4n) is 2.85. The summed E-state index contributed by atoms with van der Waals surface area (Å²) < 4.78 is 13.3. The highest BCUT2D eigenvalue weighted by Crippen LogP contribution is 2.38. The van der Waals surface area contributed by atoms with E-state index in [1.165, 1.54) is 12.1 Å². The van der Waals surface area contributed by atoms with Crippen molar-refractivity contribution < 1.29 is 9.50 Å². The molecule has 0 aliphatic heterocycles. The van der Waals surface area contributed by atoms with Crippen molar-refractivity contribution in [2.24, 2.45) is 0 Å². The number of benzene rings is 2. The number of H-pyrrole nitrogens is 1. The van der Waals surface area contributed by atoms with E-state index in [2.05, 4.69) is 11.9 Å². The summed E-state index contributed by atoms with van der Waals surface area (Å²) in [6.45, 7) is 4.10. The number of halogens is 1. The minimum atomic E-state index is -0.449. The molecule has 0 fully saturated rings. The van der Waals surface area contributed by atoms with E-state index in [9.17, 15) is 9.50 Å². The number of nitrogens with one attached hydrogen (secondary N) is 1. The predicted molar refractivity (Wildman–Crippen MR) is 85.6 cm³/mol. The van der Waals surface area contributed by atoms with Gasteiger partial charge in [0.1, 0.15) is 11.6 Å². The second-order valence-electron chi connectivity index (χ2n) is 5.73. The molecule has 2 aromatic carbocycles. The van der Waals surface area contributed by atoms with Crippen LogP contribution in [-0.2, 0) is 5.41 Å². The number of phenolic OH excluding ortho intramolecular Hbond substituents is 1. The monoisotopic (exact) mass is 295 g/mol. The molecule has 112 valence electrons. The van der Waals surface area contributed by atoms with Crippen molar-refractivity contribution in [3.63, 3.8) is 0 Å². The van der Waals surface area contributed by atoms with Crippen LogP contribution in [0.25, 0.3) is 0 Å². The maximum atomic E-state index is 13.3. The van der Waals surface area contributed by atoms with Gasteiger partial charge in [-0.3, -0.25) is 0 Å². The maximum absolute atomic E-state index is 13.3. The van der Waals surface area contributed by atoms with Crippen LogP contribution < -0.4 is 0 Å². The Morgan fingerprint density at radius 3 is 1.91 bits per heavy atom. The average molecular weight is 295 g/mol. The molecule has 0 spiro atoms. The number of aryl methyl sites for hydroxylation is 1. The van der Waals surface area contributed by atoms with Gasteiger partial charge in [0.2, 0.25) is 0 Å². The second-order valence-corrected chi connectivity index (χ2v) is 5.73. The van der Waals surface area contributed by atoms with Gasteiger partial charge >= 0.3 is 0 Å². The molecular formula is C19H18FNO. The lowest BCUT2D eigenvalue weighted by atomic mass is 9.74. The number of phenols is 1. The van der Waals surface area contributed by atoms with Gasteiger partial charge in [-0.15, -0.1) is 0 Å². The van der Waals surface area contributed by atoms with Gasteiger partial charge < -0.3 is 10.1 Å². The lowest BCUT2D eigenvalue weighted by Gasteiger charge is -2.30. The van der Waals surface area contributed by atoms with Crippen molar-refractivity contribution in [2.75, 3.05) is 0 Å². The molecule has 0 unspecified atom stereocenters. The molecule has 22 heavy (non-hydrogen) atoms. The van der Waals surface area contributed by atoms with Crippen LogP contribution in [-0.4, -0.2) is 10.1 Å². The highest BCUT2D eigenvalue weighted by molar-refractivity contribution is 5.48. The smallest absolute Gasteiger partial charge is 0.123 e. The van der Waals surface area contributed by atoms with Crippen molar-refractivity contribution in [1.29, 1.82) is 0 Å². The lowest BCUT2D eigenvalue weighted by Crippen LogP contribution is -2.25. The normalized spacial score (nSPS) is 13.8. The fraction of sp³-hybridized carbons (Fsp3) is 0.158. The molecule has 1 atom stereocenters. The molecule has 0 amide bonds. The molecule has 0 saturated heterocycles. The molecule has 0 radical (unpaired) electrons. The van der Waals surface area contributed by atoms with E-state index in [0.29, 0.717) is 0 Å². The first-order valence-electron chi connectivity index (χ1n) is 7.22. The Morgan fingerprint density at radius 2 is 1.41 bits per heavy atom. The summed E-state index contributed by atoms with van der Waals surface area (Å²) in [6.07, 6.45) is 0. The molecule has 3 aromatic rings. The summed E-state index contributed by atoms with van der Waals surface area (Å²) in [6, 6.07) is 17.8. The topological polar surface area (TPSA) is 36.0 Å². The number of aromatic nitrogens is 1. The highest BCUT2D eigenvalue weighted by atomic mass is 19.1. The van der Waals surface area contributed by atoms with Crippen LogP contribution in [0.3, 0.4) is 0 Å². The zero-order valence-electron chi connectivity index (χ0n) is 12.6. The zero-order chi connectivity index (χ0) is 15.7. The minimum Gasteiger partial charge on any atom is -0.508 e. The highest BCUT2D eigenvalue weighted by Gasteiger charge is 2.32. The van der Waals surface area contributed by atoms with Gasteiger partial charge in [0.25, 0.3) is 0 Å². The van der Waals surface area contributed by atoms with E-state index < -0.39 is 5.41 Å². The van der Waals surface area contributed by atoms with E-state index in [1.807, 2.05) is 31.2 Å². The number of aromatic amines is 1. The van der Waals surface area contributed by atoms with Gasteiger partial charge in [-0.05, 0) is 61.4 Å². The molecule has 2 nitrogen and oxygen atoms in total. The molecule has 1 heterocycles. The Bertz CT molecular complexity index is 726. The van der Waals surface area contributed by atoms with Crippen LogP contribution >= 0.6 is 0 Å². The number of hydrogen-bond acceptors (Lipinski definition) is 1. The third-order valence-electron chi connectivity index (χ3n) is 4.24. The maximum Gasteiger partial charge on any atom is 0.123 e. The molecule has 2 N–H and O–H groups in total. The van der Waals surface area contributed by atoms with Gasteiger partial charge in [-0.25, -0.2) is 4.39 Å². The quantitative estimate of drug-likeness (QED) is 0.732. The summed E-state index contributed by atoms with van der Waals surface area (Å²) >= 11 is 0. The molecule has 1 aromatic heterocycles. The number of hydrogen-bond donors (Lipinski definition) is 2. The van der Waals surface area contributed by atoms with E-state index in [1.54, 1.807) is 24.3 Å². The van der Waals surface area contributed by atoms with Crippen LogP contribution in [0.15, 0.2) is 60.7 Å². The van der Waals surface area contributed by atoms with Gasteiger partial charge in [-0.2, -0.15) is 0 Å². The average Bonchev–Trinajstić information content (AvgIpc) is 2.95. The molecule has 0 saturated carbocycles. The Morgan fingerprint density at radius 1 is 0.864 bits per heavy atom. The van der Waals surface area contributed by atoms with Crippen LogP contribution in [0.4, 0.5) is 4.39 Å². The Hall–Kier alpha value is -2.55. The first-order valence-corrected chi connectivity index (χ1v) is 7.22. The SMILES string of the molecule is Cc1ccc([C@](C)(c2ccc(O)cc2)c2ccc(F)cc2)[nH]1. The molecule has 0 aliphatic rings. The van der Waals surface area contributed by atoms with Crippen molar-refractivity contribution in [2.45, 2.75) is 19.3 Å². The summed E-state index contributed by atoms with van der Waals surface area (Å²) in [5.41, 5.74) is 3.67. The van der Waals surface area contributed by atoms with Crippen molar-refractivity contribution in [3.05, 3.63) is 89.0 Å². The number of rotatable bonds is 3. The third-order valence-corrected chi connectivity index (χ3v) is 4.24. The predicted octanol–water partition coefficient (Wildman–Crippen LogP) is 4.52.